The van der Waals surface area contributed by atoms with Gasteiger partial charge in [0.2, 0.25) is 0 Å². The molecule has 0 spiro atoms. The third-order valence-corrected chi connectivity index (χ3v) is 1.92. The van der Waals surface area contributed by atoms with E-state index >= 15 is 0 Å². The lowest BCUT2D eigenvalue weighted by molar-refractivity contribution is 1.41. The summed E-state index contributed by atoms with van der Waals surface area (Å²) in [6.07, 6.45) is 11.0. The molecule has 0 bridgehead atoms. The third-order valence-electron chi connectivity index (χ3n) is 1.92. The fourth-order valence-corrected chi connectivity index (χ4v) is 1.16. The van der Waals surface area contributed by atoms with Crippen molar-refractivity contribution in [3.05, 3.63) is 47.6 Å². The molecule has 2 aliphatic carbocycles. The summed E-state index contributed by atoms with van der Waals surface area (Å²) in [6.45, 7) is 4.01. The Balaban J connectivity index is 2.17. The summed E-state index contributed by atoms with van der Waals surface area (Å²) in [7, 11) is 0. The van der Waals surface area contributed by atoms with Crippen LogP contribution in [0.25, 0.3) is 0 Å². The van der Waals surface area contributed by atoms with Crippen LogP contribution >= 0.6 is 0 Å². The van der Waals surface area contributed by atoms with Crippen molar-refractivity contribution in [3.63, 3.8) is 0 Å². The second kappa shape index (κ2) is 1.98. The van der Waals surface area contributed by atoms with Crippen LogP contribution in [0.4, 0.5) is 0 Å². The van der Waals surface area contributed by atoms with Gasteiger partial charge in [0.1, 0.15) is 0 Å². The zero-order valence-electron chi connectivity index (χ0n) is 5.93. The van der Waals surface area contributed by atoms with Crippen molar-refractivity contribution in [2.45, 2.75) is 12.8 Å². The van der Waals surface area contributed by atoms with Gasteiger partial charge in [-0.2, -0.15) is 0 Å². The molecular formula is C10H10. The van der Waals surface area contributed by atoms with Gasteiger partial charge in [0, 0.05) is 0 Å². The summed E-state index contributed by atoms with van der Waals surface area (Å²) in [5, 5.41) is 0. The first kappa shape index (κ1) is 5.72. The zero-order valence-corrected chi connectivity index (χ0v) is 5.93. The minimum atomic E-state index is 1.08. The van der Waals surface area contributed by atoms with Crippen LogP contribution in [0.3, 0.4) is 0 Å². The molecule has 0 unspecified atom stereocenters. The lowest BCUT2D eigenvalue weighted by Crippen LogP contribution is -1.78. The normalized spacial score (nSPS) is 20.4. The minimum absolute atomic E-state index is 1.08. The van der Waals surface area contributed by atoms with E-state index in [1.807, 2.05) is 0 Å². The highest BCUT2D eigenvalue weighted by molar-refractivity contribution is 5.57. The smallest absolute Gasteiger partial charge is 0.00884 e. The van der Waals surface area contributed by atoms with Crippen LogP contribution in [0, 0.1) is 0 Å². The Labute approximate surface area is 61.3 Å². The molecule has 0 N–H and O–H groups in total. The lowest BCUT2D eigenvalue weighted by Gasteiger charge is -1.97. The Morgan fingerprint density at radius 1 is 1.40 bits per heavy atom. The van der Waals surface area contributed by atoms with Crippen molar-refractivity contribution in [2.24, 2.45) is 0 Å². The summed E-state index contributed by atoms with van der Waals surface area (Å²) in [6, 6.07) is 0. The molecule has 0 heterocycles. The van der Waals surface area contributed by atoms with E-state index in [2.05, 4.69) is 30.9 Å². The van der Waals surface area contributed by atoms with E-state index in [0.717, 1.165) is 12.8 Å². The molecule has 0 nitrogen and oxygen atoms in total. The van der Waals surface area contributed by atoms with E-state index in [1.165, 1.54) is 16.7 Å². The van der Waals surface area contributed by atoms with Gasteiger partial charge >= 0.3 is 0 Å². The van der Waals surface area contributed by atoms with Crippen LogP contribution in [0.5, 0.6) is 0 Å². The monoisotopic (exact) mass is 130 g/mol. The zero-order chi connectivity index (χ0) is 6.97. The molecule has 0 aromatic heterocycles. The molecule has 0 fully saturated rings. The Morgan fingerprint density at radius 2 is 2.20 bits per heavy atom. The van der Waals surface area contributed by atoms with Crippen LogP contribution in [0.15, 0.2) is 47.6 Å². The van der Waals surface area contributed by atoms with E-state index in [9.17, 15) is 0 Å². The van der Waals surface area contributed by atoms with Gasteiger partial charge in [0.25, 0.3) is 0 Å². The topological polar surface area (TPSA) is 0 Å². The molecule has 0 aromatic rings. The average molecular weight is 130 g/mol. The molecular weight excluding hydrogens is 120 g/mol. The minimum Gasteiger partial charge on any atom is -0.0909 e. The maximum Gasteiger partial charge on any atom is -0.00884 e. The van der Waals surface area contributed by atoms with Gasteiger partial charge in [-0.05, 0) is 29.6 Å². The van der Waals surface area contributed by atoms with Crippen molar-refractivity contribution in [2.75, 3.05) is 0 Å². The molecule has 0 aliphatic heterocycles. The highest BCUT2D eigenvalue weighted by Crippen LogP contribution is 2.32. The van der Waals surface area contributed by atoms with Crippen LogP contribution in [0.2, 0.25) is 0 Å². The predicted octanol–water partition coefficient (Wildman–Crippen LogP) is 2.76. The number of rotatable bonds is 2. The summed E-state index contributed by atoms with van der Waals surface area (Å²) in [5.41, 5.74) is 3.98. The second-order valence-corrected chi connectivity index (χ2v) is 2.71. The van der Waals surface area contributed by atoms with Gasteiger partial charge < -0.3 is 0 Å². The van der Waals surface area contributed by atoms with Gasteiger partial charge in [0.05, 0.1) is 0 Å². The van der Waals surface area contributed by atoms with Crippen molar-refractivity contribution < 1.29 is 0 Å². The largest absolute Gasteiger partial charge is 0.0909 e. The van der Waals surface area contributed by atoms with E-state index in [0.29, 0.717) is 0 Å². The summed E-state index contributed by atoms with van der Waals surface area (Å²) in [4.78, 5) is 0. The molecule has 0 saturated carbocycles. The average Bonchev–Trinajstić information content (AvgIpc) is 2.65. The van der Waals surface area contributed by atoms with Crippen LogP contribution < -0.4 is 0 Å². The quantitative estimate of drug-likeness (QED) is 0.539. The van der Waals surface area contributed by atoms with E-state index in [4.69, 9.17) is 0 Å². The summed E-state index contributed by atoms with van der Waals surface area (Å²) < 4.78 is 0. The molecule has 0 saturated heterocycles. The van der Waals surface area contributed by atoms with Gasteiger partial charge in [-0.1, -0.05) is 30.9 Å². The van der Waals surface area contributed by atoms with Gasteiger partial charge in [0.15, 0.2) is 0 Å². The predicted molar refractivity (Wildman–Crippen MR) is 43.7 cm³/mol. The first-order valence-corrected chi connectivity index (χ1v) is 3.63. The molecule has 0 radical (unpaired) electrons. The molecule has 2 rings (SSSR count). The van der Waals surface area contributed by atoms with Crippen molar-refractivity contribution in [3.8, 4) is 0 Å². The highest BCUT2D eigenvalue weighted by atomic mass is 14.2. The Bertz CT molecular complexity index is 262. The first-order valence-electron chi connectivity index (χ1n) is 3.63. The third kappa shape index (κ3) is 0.860. The fraction of sp³-hybridized carbons (Fsp3) is 0.200. The second-order valence-electron chi connectivity index (χ2n) is 2.71. The highest BCUT2D eigenvalue weighted by Gasteiger charge is 2.13. The van der Waals surface area contributed by atoms with Gasteiger partial charge in [-0.25, -0.2) is 0 Å². The molecule has 0 aromatic carbocycles. The first-order chi connectivity index (χ1) is 4.88. The SMILES string of the molecule is C=C(C1=CCC=C1)C1=CC1. The van der Waals surface area contributed by atoms with Crippen LogP contribution in [0.1, 0.15) is 12.8 Å². The van der Waals surface area contributed by atoms with Crippen LogP contribution in [-0.2, 0) is 0 Å². The maximum absolute atomic E-state index is 4.01. The van der Waals surface area contributed by atoms with Crippen molar-refractivity contribution in [1.82, 2.24) is 0 Å². The molecule has 10 heavy (non-hydrogen) atoms. The Hall–Kier alpha value is -1.04. The van der Waals surface area contributed by atoms with Gasteiger partial charge in [-0.15, -0.1) is 0 Å². The maximum atomic E-state index is 4.01. The standard InChI is InChI=1S/C10H10/c1-8(10-6-7-10)9-4-2-3-5-9/h2,4-6H,1,3,7H2. The van der Waals surface area contributed by atoms with Gasteiger partial charge in [-0.3, -0.25) is 0 Å². The van der Waals surface area contributed by atoms with Crippen molar-refractivity contribution >= 4 is 0 Å². The molecule has 50 valence electrons. The molecule has 0 heteroatoms. The van der Waals surface area contributed by atoms with E-state index < -0.39 is 0 Å². The summed E-state index contributed by atoms with van der Waals surface area (Å²) >= 11 is 0. The molecule has 2 aliphatic rings. The number of allylic oxidation sites excluding steroid dienone is 7. The number of hydrogen-bond acceptors (Lipinski definition) is 0. The molecule has 0 atom stereocenters. The number of hydrogen-bond donors (Lipinski definition) is 0. The molecule has 0 amide bonds. The Kier molecular flexibility index (Phi) is 1.13. The van der Waals surface area contributed by atoms with E-state index in [-0.39, 0.29) is 0 Å². The lowest BCUT2D eigenvalue weighted by atomic mass is 10.1. The van der Waals surface area contributed by atoms with Crippen molar-refractivity contribution in [1.29, 1.82) is 0 Å². The Morgan fingerprint density at radius 3 is 2.70 bits per heavy atom. The van der Waals surface area contributed by atoms with Crippen LogP contribution in [-0.4, -0.2) is 0 Å². The fourth-order valence-electron chi connectivity index (χ4n) is 1.16. The summed E-state index contributed by atoms with van der Waals surface area (Å²) in [5.74, 6) is 0. The van der Waals surface area contributed by atoms with E-state index in [1.54, 1.807) is 0 Å².